The van der Waals surface area contributed by atoms with Gasteiger partial charge in [-0.15, -0.1) is 10.2 Å². The van der Waals surface area contributed by atoms with E-state index >= 15 is 0 Å². The molecule has 0 bridgehead atoms. The fourth-order valence-corrected chi connectivity index (χ4v) is 2.60. The average molecular weight is 337 g/mol. The number of ether oxygens (including phenoxy) is 1. The largest absolute Gasteiger partial charge is 0.497 e. The molecule has 3 rings (SSSR count). The zero-order valence-electron chi connectivity index (χ0n) is 14.1. The van der Waals surface area contributed by atoms with Crippen LogP contribution in [0.25, 0.3) is 0 Å². The van der Waals surface area contributed by atoms with E-state index in [1.54, 1.807) is 31.4 Å². The molecule has 7 heteroatoms. The van der Waals surface area contributed by atoms with Crippen molar-refractivity contribution in [2.45, 2.75) is 19.3 Å². The standard InChI is InChI=1S/C18H19N5O2/c1-12-4-3-5-13(10-12)11-16(17-20-22-23-21-17)18(24)19-14-6-8-15(25-2)9-7-14/h3-10,16H,11H2,1-2H3,(H,19,24)(H,20,21,22,23)/t16-/m0/s1. The lowest BCUT2D eigenvalue weighted by Crippen LogP contribution is -2.24. The minimum absolute atomic E-state index is 0.187. The summed E-state index contributed by atoms with van der Waals surface area (Å²) < 4.78 is 5.13. The van der Waals surface area contributed by atoms with Crippen LogP contribution < -0.4 is 10.1 Å². The number of methoxy groups -OCH3 is 1. The normalized spacial score (nSPS) is 11.8. The van der Waals surface area contributed by atoms with Crippen molar-refractivity contribution in [3.05, 3.63) is 65.5 Å². The van der Waals surface area contributed by atoms with Gasteiger partial charge in [-0.3, -0.25) is 4.79 Å². The van der Waals surface area contributed by atoms with Gasteiger partial charge in [0.1, 0.15) is 11.7 Å². The maximum atomic E-state index is 12.8. The van der Waals surface area contributed by atoms with Crippen molar-refractivity contribution in [3.8, 4) is 5.75 Å². The summed E-state index contributed by atoms with van der Waals surface area (Å²) in [7, 11) is 1.60. The molecule has 0 aliphatic heterocycles. The Morgan fingerprint density at radius 3 is 2.68 bits per heavy atom. The third-order valence-corrected chi connectivity index (χ3v) is 3.87. The van der Waals surface area contributed by atoms with Gasteiger partial charge >= 0.3 is 0 Å². The number of tetrazole rings is 1. The number of aromatic amines is 1. The molecule has 2 N–H and O–H groups in total. The molecule has 0 spiro atoms. The first-order valence-corrected chi connectivity index (χ1v) is 7.89. The quantitative estimate of drug-likeness (QED) is 0.721. The molecule has 2 aromatic carbocycles. The second-order valence-corrected chi connectivity index (χ2v) is 5.73. The molecule has 1 atom stereocenters. The van der Waals surface area contributed by atoms with Gasteiger partial charge in [0.25, 0.3) is 0 Å². The summed E-state index contributed by atoms with van der Waals surface area (Å²) in [5.74, 6) is 0.371. The number of anilines is 1. The molecular formula is C18H19N5O2. The summed E-state index contributed by atoms with van der Waals surface area (Å²) in [6.45, 7) is 2.02. The molecule has 3 aromatic rings. The number of H-pyrrole nitrogens is 1. The zero-order valence-corrected chi connectivity index (χ0v) is 14.1. The summed E-state index contributed by atoms with van der Waals surface area (Å²) in [5, 5.41) is 16.9. The summed E-state index contributed by atoms with van der Waals surface area (Å²) in [6, 6.07) is 15.2. The van der Waals surface area contributed by atoms with Gasteiger partial charge < -0.3 is 10.1 Å². The number of hydrogen-bond acceptors (Lipinski definition) is 5. The highest BCUT2D eigenvalue weighted by atomic mass is 16.5. The Hall–Kier alpha value is -3.22. The number of aryl methyl sites for hydroxylation is 1. The maximum Gasteiger partial charge on any atom is 0.235 e. The van der Waals surface area contributed by atoms with Gasteiger partial charge in [0.05, 0.1) is 7.11 Å². The van der Waals surface area contributed by atoms with E-state index in [1.165, 1.54) is 0 Å². The van der Waals surface area contributed by atoms with E-state index in [0.717, 1.165) is 16.9 Å². The Morgan fingerprint density at radius 2 is 2.04 bits per heavy atom. The van der Waals surface area contributed by atoms with Crippen molar-refractivity contribution in [1.29, 1.82) is 0 Å². The minimum Gasteiger partial charge on any atom is -0.497 e. The fourth-order valence-electron chi connectivity index (χ4n) is 2.60. The van der Waals surface area contributed by atoms with Gasteiger partial charge in [0, 0.05) is 5.69 Å². The number of aromatic nitrogens is 4. The van der Waals surface area contributed by atoms with Crippen molar-refractivity contribution in [2.24, 2.45) is 0 Å². The predicted octanol–water partition coefficient (Wildman–Crippen LogP) is 2.48. The van der Waals surface area contributed by atoms with Crippen LogP contribution in [0.3, 0.4) is 0 Å². The molecule has 0 radical (unpaired) electrons. The first kappa shape index (κ1) is 16.6. The molecule has 0 saturated carbocycles. The molecule has 0 unspecified atom stereocenters. The van der Waals surface area contributed by atoms with E-state index in [2.05, 4.69) is 25.9 Å². The smallest absolute Gasteiger partial charge is 0.235 e. The predicted molar refractivity (Wildman–Crippen MR) is 93.4 cm³/mol. The molecule has 0 saturated heterocycles. The van der Waals surface area contributed by atoms with Crippen LogP contribution in [0.15, 0.2) is 48.5 Å². The van der Waals surface area contributed by atoms with Crippen LogP contribution in [-0.2, 0) is 11.2 Å². The van der Waals surface area contributed by atoms with Crippen LogP contribution >= 0.6 is 0 Å². The van der Waals surface area contributed by atoms with Crippen LogP contribution in [-0.4, -0.2) is 33.6 Å². The molecule has 25 heavy (non-hydrogen) atoms. The van der Waals surface area contributed by atoms with Gasteiger partial charge in [-0.2, -0.15) is 5.21 Å². The van der Waals surface area contributed by atoms with Crippen LogP contribution in [0.4, 0.5) is 5.69 Å². The number of benzene rings is 2. The Kier molecular flexibility index (Phi) is 5.03. The average Bonchev–Trinajstić information content (AvgIpc) is 3.14. The molecule has 1 aromatic heterocycles. The number of carbonyl (C=O) groups is 1. The Morgan fingerprint density at radius 1 is 1.24 bits per heavy atom. The van der Waals surface area contributed by atoms with Gasteiger partial charge in [-0.05, 0) is 43.2 Å². The van der Waals surface area contributed by atoms with E-state index in [-0.39, 0.29) is 5.91 Å². The molecular weight excluding hydrogens is 318 g/mol. The van der Waals surface area contributed by atoms with Gasteiger partial charge in [0.15, 0.2) is 5.82 Å². The zero-order chi connectivity index (χ0) is 17.6. The van der Waals surface area contributed by atoms with Crippen molar-refractivity contribution >= 4 is 11.6 Å². The minimum atomic E-state index is -0.539. The topological polar surface area (TPSA) is 92.8 Å². The van der Waals surface area contributed by atoms with E-state index < -0.39 is 5.92 Å². The number of nitrogens with zero attached hydrogens (tertiary/aromatic N) is 3. The van der Waals surface area contributed by atoms with Crippen LogP contribution in [0.1, 0.15) is 22.9 Å². The van der Waals surface area contributed by atoms with Crippen molar-refractivity contribution < 1.29 is 9.53 Å². The highest BCUT2D eigenvalue weighted by Crippen LogP contribution is 2.21. The van der Waals surface area contributed by atoms with Gasteiger partial charge in [0.2, 0.25) is 5.91 Å². The summed E-state index contributed by atoms with van der Waals surface area (Å²) in [6.07, 6.45) is 0.489. The third-order valence-electron chi connectivity index (χ3n) is 3.87. The highest BCUT2D eigenvalue weighted by Gasteiger charge is 2.25. The molecule has 0 aliphatic rings. The number of carbonyl (C=O) groups excluding carboxylic acids is 1. The van der Waals surface area contributed by atoms with E-state index in [1.807, 2.05) is 31.2 Å². The first-order chi connectivity index (χ1) is 12.2. The van der Waals surface area contributed by atoms with Crippen molar-refractivity contribution in [3.63, 3.8) is 0 Å². The van der Waals surface area contributed by atoms with Crippen molar-refractivity contribution in [1.82, 2.24) is 20.6 Å². The first-order valence-electron chi connectivity index (χ1n) is 7.89. The Bertz CT molecular complexity index is 831. The molecule has 1 amide bonds. The second kappa shape index (κ2) is 7.57. The van der Waals surface area contributed by atoms with E-state index in [9.17, 15) is 4.79 Å². The lowest BCUT2D eigenvalue weighted by atomic mass is 9.96. The highest BCUT2D eigenvalue weighted by molar-refractivity contribution is 5.95. The van der Waals surface area contributed by atoms with Crippen LogP contribution in [0.2, 0.25) is 0 Å². The van der Waals surface area contributed by atoms with E-state index in [4.69, 9.17) is 4.74 Å². The third kappa shape index (κ3) is 4.20. The summed E-state index contributed by atoms with van der Waals surface area (Å²) in [5.41, 5.74) is 2.86. The molecule has 1 heterocycles. The van der Waals surface area contributed by atoms with Gasteiger partial charge in [-0.25, -0.2) is 0 Å². The lowest BCUT2D eigenvalue weighted by Gasteiger charge is -2.14. The van der Waals surface area contributed by atoms with Gasteiger partial charge in [-0.1, -0.05) is 35.0 Å². The molecule has 0 fully saturated rings. The molecule has 128 valence electrons. The summed E-state index contributed by atoms with van der Waals surface area (Å²) in [4.78, 5) is 12.8. The van der Waals surface area contributed by atoms with Crippen LogP contribution in [0.5, 0.6) is 5.75 Å². The number of amides is 1. The molecule has 7 nitrogen and oxygen atoms in total. The Labute approximate surface area is 145 Å². The maximum absolute atomic E-state index is 12.8. The van der Waals surface area contributed by atoms with Crippen molar-refractivity contribution in [2.75, 3.05) is 12.4 Å². The number of hydrogen-bond donors (Lipinski definition) is 2. The summed E-state index contributed by atoms with van der Waals surface area (Å²) >= 11 is 0. The lowest BCUT2D eigenvalue weighted by molar-refractivity contribution is -0.117. The number of rotatable bonds is 6. The van der Waals surface area contributed by atoms with Crippen LogP contribution in [0, 0.1) is 6.92 Å². The number of nitrogens with one attached hydrogen (secondary N) is 2. The Balaban J connectivity index is 1.79. The SMILES string of the molecule is COc1ccc(NC(=O)[C@@H](Cc2cccc(C)c2)c2nn[nH]n2)cc1. The molecule has 0 aliphatic carbocycles. The second-order valence-electron chi connectivity index (χ2n) is 5.73. The van der Waals surface area contributed by atoms with E-state index in [0.29, 0.717) is 17.9 Å². The fraction of sp³-hybridized carbons (Fsp3) is 0.222. The monoisotopic (exact) mass is 337 g/mol.